The fraction of sp³-hybridized carbons (Fsp3) is 0. The van der Waals surface area contributed by atoms with Crippen LogP contribution in [0.3, 0.4) is 0 Å². The standard InChI is InChI=1S/C52H35NO/c1-3-13-36(14-4-1)38-25-27-40(28-26-38)45-20-9-10-23-49(45)53(44-19-11-18-42(35-44)37-15-5-2-6-16-37)43-32-29-41(30-33-43)46-22-12-24-50-51(46)48-34-31-39-17-7-8-21-47(39)52(48)54-50/h1-35H. The smallest absolute Gasteiger partial charge is 0.143 e. The minimum Gasteiger partial charge on any atom is -0.455 e. The number of hydrogen-bond acceptors (Lipinski definition) is 2. The molecule has 0 amide bonds. The van der Waals surface area contributed by atoms with Gasteiger partial charge in [-0.15, -0.1) is 0 Å². The molecule has 10 aromatic rings. The third-order valence-corrected chi connectivity index (χ3v) is 10.5. The number of furan rings is 1. The van der Waals surface area contributed by atoms with Gasteiger partial charge in [-0.2, -0.15) is 0 Å². The quantitative estimate of drug-likeness (QED) is 0.166. The molecule has 54 heavy (non-hydrogen) atoms. The highest BCUT2D eigenvalue weighted by molar-refractivity contribution is 6.19. The predicted molar refractivity (Wildman–Crippen MR) is 228 cm³/mol. The van der Waals surface area contributed by atoms with Gasteiger partial charge < -0.3 is 9.32 Å². The average Bonchev–Trinajstić information content (AvgIpc) is 3.65. The van der Waals surface area contributed by atoms with Gasteiger partial charge in [-0.3, -0.25) is 0 Å². The lowest BCUT2D eigenvalue weighted by Gasteiger charge is -2.28. The molecule has 2 nitrogen and oxygen atoms in total. The normalized spacial score (nSPS) is 11.3. The molecule has 1 heterocycles. The van der Waals surface area contributed by atoms with Crippen molar-refractivity contribution < 1.29 is 4.42 Å². The van der Waals surface area contributed by atoms with Crippen LogP contribution in [0, 0.1) is 0 Å². The van der Waals surface area contributed by atoms with Crippen LogP contribution in [0.15, 0.2) is 217 Å². The number of benzene rings is 9. The number of nitrogens with zero attached hydrogens (tertiary/aromatic N) is 1. The molecule has 0 N–H and O–H groups in total. The molecule has 0 spiro atoms. The first kappa shape index (κ1) is 31.6. The number of rotatable bonds is 7. The summed E-state index contributed by atoms with van der Waals surface area (Å²) >= 11 is 0. The molecule has 0 aliphatic heterocycles. The summed E-state index contributed by atoms with van der Waals surface area (Å²) in [5, 5.41) is 4.59. The van der Waals surface area contributed by atoms with E-state index < -0.39 is 0 Å². The van der Waals surface area contributed by atoms with Crippen molar-refractivity contribution in [1.29, 1.82) is 0 Å². The Morgan fingerprint density at radius 1 is 0.333 bits per heavy atom. The summed E-state index contributed by atoms with van der Waals surface area (Å²) in [5.41, 5.74) is 14.5. The highest BCUT2D eigenvalue weighted by Gasteiger charge is 2.19. The van der Waals surface area contributed by atoms with Crippen LogP contribution < -0.4 is 4.90 Å². The summed E-state index contributed by atoms with van der Waals surface area (Å²) in [4.78, 5) is 2.39. The van der Waals surface area contributed by atoms with Crippen molar-refractivity contribution in [3.63, 3.8) is 0 Å². The third-order valence-electron chi connectivity index (χ3n) is 10.5. The first-order valence-corrected chi connectivity index (χ1v) is 18.4. The van der Waals surface area contributed by atoms with Crippen LogP contribution in [-0.4, -0.2) is 0 Å². The van der Waals surface area contributed by atoms with Crippen molar-refractivity contribution >= 4 is 49.8 Å². The van der Waals surface area contributed by atoms with Crippen LogP contribution in [-0.2, 0) is 0 Å². The van der Waals surface area contributed by atoms with Gasteiger partial charge in [0.2, 0.25) is 0 Å². The van der Waals surface area contributed by atoms with E-state index in [4.69, 9.17) is 4.42 Å². The lowest BCUT2D eigenvalue weighted by Crippen LogP contribution is -2.11. The SMILES string of the molecule is c1ccc(-c2ccc(-c3ccccc3N(c3ccc(-c4cccc5oc6c7ccccc7ccc6c45)cc3)c3cccc(-c4ccccc4)c3)cc2)cc1. The minimum absolute atomic E-state index is 0.898. The van der Waals surface area contributed by atoms with Gasteiger partial charge in [0.1, 0.15) is 11.2 Å². The molecule has 0 unspecified atom stereocenters. The zero-order valence-electron chi connectivity index (χ0n) is 29.6. The lowest BCUT2D eigenvalue weighted by molar-refractivity contribution is 0.673. The highest BCUT2D eigenvalue weighted by Crippen LogP contribution is 2.44. The topological polar surface area (TPSA) is 16.4 Å². The van der Waals surface area contributed by atoms with Crippen molar-refractivity contribution in [2.45, 2.75) is 0 Å². The van der Waals surface area contributed by atoms with Gasteiger partial charge in [0, 0.05) is 33.1 Å². The molecule has 254 valence electrons. The van der Waals surface area contributed by atoms with Gasteiger partial charge in [0.05, 0.1) is 5.69 Å². The van der Waals surface area contributed by atoms with E-state index in [2.05, 4.69) is 217 Å². The Bertz CT molecular complexity index is 2910. The zero-order valence-corrected chi connectivity index (χ0v) is 29.6. The molecule has 0 bridgehead atoms. The van der Waals surface area contributed by atoms with E-state index >= 15 is 0 Å². The molecule has 0 aliphatic carbocycles. The van der Waals surface area contributed by atoms with E-state index in [0.717, 1.165) is 66.6 Å². The summed E-state index contributed by atoms with van der Waals surface area (Å²) in [7, 11) is 0. The van der Waals surface area contributed by atoms with Crippen LogP contribution >= 0.6 is 0 Å². The van der Waals surface area contributed by atoms with Crippen LogP contribution in [0.2, 0.25) is 0 Å². The van der Waals surface area contributed by atoms with Gasteiger partial charge in [-0.25, -0.2) is 0 Å². The van der Waals surface area contributed by atoms with E-state index in [-0.39, 0.29) is 0 Å². The Morgan fingerprint density at radius 2 is 0.907 bits per heavy atom. The fourth-order valence-corrected chi connectivity index (χ4v) is 7.85. The van der Waals surface area contributed by atoms with E-state index in [9.17, 15) is 0 Å². The Labute approximate surface area is 314 Å². The maximum absolute atomic E-state index is 6.53. The van der Waals surface area contributed by atoms with Crippen LogP contribution in [0.5, 0.6) is 0 Å². The number of fused-ring (bicyclic) bond motifs is 5. The molecule has 9 aromatic carbocycles. The molecule has 0 radical (unpaired) electrons. The van der Waals surface area contributed by atoms with Crippen LogP contribution in [0.4, 0.5) is 17.1 Å². The zero-order chi connectivity index (χ0) is 35.8. The van der Waals surface area contributed by atoms with Crippen LogP contribution in [0.1, 0.15) is 0 Å². The minimum atomic E-state index is 0.898. The molecule has 1 aromatic heterocycles. The Morgan fingerprint density at radius 3 is 1.70 bits per heavy atom. The molecular formula is C52H35NO. The summed E-state index contributed by atoms with van der Waals surface area (Å²) in [6, 6.07) is 75.8. The van der Waals surface area contributed by atoms with E-state index in [1.807, 2.05) is 0 Å². The van der Waals surface area contributed by atoms with Crippen molar-refractivity contribution in [2.75, 3.05) is 4.90 Å². The molecule has 0 aliphatic rings. The van der Waals surface area contributed by atoms with Crippen LogP contribution in [0.25, 0.3) is 77.2 Å². The van der Waals surface area contributed by atoms with E-state index in [0.29, 0.717) is 0 Å². The molecular weight excluding hydrogens is 655 g/mol. The molecule has 10 rings (SSSR count). The second-order valence-corrected chi connectivity index (χ2v) is 13.7. The highest BCUT2D eigenvalue weighted by atomic mass is 16.3. The molecule has 2 heteroatoms. The molecule has 0 saturated carbocycles. The van der Waals surface area contributed by atoms with Gasteiger partial charge in [0.25, 0.3) is 0 Å². The van der Waals surface area contributed by atoms with Crippen molar-refractivity contribution in [3.8, 4) is 44.5 Å². The summed E-state index contributed by atoms with van der Waals surface area (Å²) in [5.74, 6) is 0. The molecule has 0 saturated heterocycles. The lowest BCUT2D eigenvalue weighted by atomic mass is 9.97. The monoisotopic (exact) mass is 689 g/mol. The largest absolute Gasteiger partial charge is 0.455 e. The summed E-state index contributed by atoms with van der Waals surface area (Å²) in [6.07, 6.45) is 0. The Kier molecular flexibility index (Phi) is 7.85. The summed E-state index contributed by atoms with van der Waals surface area (Å²) < 4.78 is 6.53. The summed E-state index contributed by atoms with van der Waals surface area (Å²) in [6.45, 7) is 0. The number of para-hydroxylation sites is 1. The first-order chi connectivity index (χ1) is 26.8. The van der Waals surface area contributed by atoms with Crippen molar-refractivity contribution in [2.24, 2.45) is 0 Å². The van der Waals surface area contributed by atoms with Gasteiger partial charge in [-0.05, 0) is 86.8 Å². The van der Waals surface area contributed by atoms with Crippen molar-refractivity contribution in [3.05, 3.63) is 212 Å². The fourth-order valence-electron chi connectivity index (χ4n) is 7.85. The average molecular weight is 690 g/mol. The van der Waals surface area contributed by atoms with E-state index in [1.54, 1.807) is 0 Å². The number of anilines is 3. The van der Waals surface area contributed by atoms with Gasteiger partial charge >= 0.3 is 0 Å². The predicted octanol–water partition coefficient (Wildman–Crippen LogP) is 14.9. The van der Waals surface area contributed by atoms with E-state index in [1.165, 1.54) is 27.6 Å². The van der Waals surface area contributed by atoms with Crippen molar-refractivity contribution in [1.82, 2.24) is 0 Å². The van der Waals surface area contributed by atoms with Gasteiger partial charge in [0.15, 0.2) is 0 Å². The number of hydrogen-bond donors (Lipinski definition) is 0. The first-order valence-electron chi connectivity index (χ1n) is 18.4. The third kappa shape index (κ3) is 5.62. The maximum atomic E-state index is 6.53. The Hall–Kier alpha value is -7.16. The Balaban J connectivity index is 1.10. The molecule has 0 fully saturated rings. The second kappa shape index (κ2) is 13.4. The second-order valence-electron chi connectivity index (χ2n) is 13.7. The molecule has 0 atom stereocenters. The van der Waals surface area contributed by atoms with Gasteiger partial charge in [-0.1, -0.05) is 170 Å². The maximum Gasteiger partial charge on any atom is 0.143 e.